The van der Waals surface area contributed by atoms with E-state index in [0.717, 1.165) is 22.0 Å². The van der Waals surface area contributed by atoms with Crippen LogP contribution < -0.4 is 10.1 Å². The summed E-state index contributed by atoms with van der Waals surface area (Å²) in [5.74, 6) is 0.0564. The van der Waals surface area contributed by atoms with Gasteiger partial charge >= 0.3 is 0 Å². The van der Waals surface area contributed by atoms with E-state index >= 15 is 0 Å². The molecule has 0 spiro atoms. The van der Waals surface area contributed by atoms with Crippen molar-refractivity contribution in [3.05, 3.63) is 62.0 Å². The zero-order valence-electron chi connectivity index (χ0n) is 18.0. The van der Waals surface area contributed by atoms with E-state index in [0.29, 0.717) is 15.8 Å². The van der Waals surface area contributed by atoms with E-state index in [-0.39, 0.29) is 31.0 Å². The molecule has 0 bridgehead atoms. The molecule has 0 fully saturated rings. The summed E-state index contributed by atoms with van der Waals surface area (Å²) in [6, 6.07) is 9.98. The summed E-state index contributed by atoms with van der Waals surface area (Å²) in [7, 11) is 0. The molecule has 0 radical (unpaired) electrons. The van der Waals surface area contributed by atoms with E-state index in [1.54, 1.807) is 31.2 Å². The van der Waals surface area contributed by atoms with Gasteiger partial charge in [0, 0.05) is 17.1 Å². The van der Waals surface area contributed by atoms with Crippen LogP contribution in [0.3, 0.4) is 0 Å². The molecule has 5 nitrogen and oxygen atoms in total. The zero-order valence-corrected chi connectivity index (χ0v) is 21.1. The predicted molar refractivity (Wildman–Crippen MR) is 129 cm³/mol. The van der Waals surface area contributed by atoms with Gasteiger partial charge in [0.05, 0.1) is 10.0 Å². The van der Waals surface area contributed by atoms with Gasteiger partial charge in [-0.05, 0) is 68.7 Å². The Morgan fingerprint density at radius 1 is 1.13 bits per heavy atom. The largest absolute Gasteiger partial charge is 0.484 e. The minimum Gasteiger partial charge on any atom is -0.484 e. The summed E-state index contributed by atoms with van der Waals surface area (Å²) in [6.45, 7) is 7.57. The number of benzene rings is 2. The molecule has 0 aromatic heterocycles. The highest BCUT2D eigenvalue weighted by Crippen LogP contribution is 2.24. The van der Waals surface area contributed by atoms with Gasteiger partial charge in [-0.3, -0.25) is 9.59 Å². The number of amides is 2. The van der Waals surface area contributed by atoms with Crippen LogP contribution in [0.25, 0.3) is 0 Å². The second-order valence-electron chi connectivity index (χ2n) is 7.46. The number of hydrogen-bond acceptors (Lipinski definition) is 3. The van der Waals surface area contributed by atoms with Crippen LogP contribution in [0.5, 0.6) is 5.75 Å². The Labute approximate surface area is 202 Å². The predicted octanol–water partition coefficient (Wildman–Crippen LogP) is 5.78. The summed E-state index contributed by atoms with van der Waals surface area (Å²) >= 11 is 15.6. The molecule has 0 saturated heterocycles. The van der Waals surface area contributed by atoms with Crippen LogP contribution in [-0.2, 0) is 16.1 Å². The fourth-order valence-electron chi connectivity index (χ4n) is 2.82. The van der Waals surface area contributed by atoms with Gasteiger partial charge in [-0.15, -0.1) is 0 Å². The van der Waals surface area contributed by atoms with Crippen molar-refractivity contribution in [2.75, 3.05) is 6.61 Å². The van der Waals surface area contributed by atoms with Crippen molar-refractivity contribution < 1.29 is 14.3 Å². The number of aryl methyl sites for hydroxylation is 1. The lowest BCUT2D eigenvalue weighted by Crippen LogP contribution is -2.50. The smallest absolute Gasteiger partial charge is 0.261 e. The fourth-order valence-corrected chi connectivity index (χ4v) is 3.39. The van der Waals surface area contributed by atoms with Crippen LogP contribution in [-0.4, -0.2) is 35.4 Å². The average Bonchev–Trinajstić information content (AvgIpc) is 2.74. The molecule has 0 aliphatic rings. The maximum Gasteiger partial charge on any atom is 0.261 e. The van der Waals surface area contributed by atoms with Gasteiger partial charge in [0.1, 0.15) is 11.8 Å². The van der Waals surface area contributed by atoms with Crippen molar-refractivity contribution in [3.8, 4) is 5.75 Å². The normalized spacial score (nSPS) is 12.7. The molecule has 0 unspecified atom stereocenters. The molecule has 2 aromatic rings. The molecule has 1 N–H and O–H groups in total. The molecule has 2 amide bonds. The van der Waals surface area contributed by atoms with Crippen molar-refractivity contribution in [2.24, 2.45) is 0 Å². The molecule has 8 heteroatoms. The molecule has 31 heavy (non-hydrogen) atoms. The maximum absolute atomic E-state index is 13.1. The first-order chi connectivity index (χ1) is 14.6. The minimum absolute atomic E-state index is 0.0128. The third kappa shape index (κ3) is 7.41. The molecule has 168 valence electrons. The highest BCUT2D eigenvalue weighted by atomic mass is 79.9. The zero-order chi connectivity index (χ0) is 23.1. The molecule has 2 aromatic carbocycles. The number of halogens is 3. The third-order valence-electron chi connectivity index (χ3n) is 5.00. The number of hydrogen-bond donors (Lipinski definition) is 1. The Kier molecular flexibility index (Phi) is 9.66. The molecule has 0 heterocycles. The first kappa shape index (κ1) is 25.5. The van der Waals surface area contributed by atoms with Crippen LogP contribution in [0.1, 0.15) is 38.3 Å². The van der Waals surface area contributed by atoms with Crippen molar-refractivity contribution in [2.45, 2.75) is 52.7 Å². The van der Waals surface area contributed by atoms with E-state index in [1.165, 1.54) is 4.90 Å². The highest BCUT2D eigenvalue weighted by Gasteiger charge is 2.27. The summed E-state index contributed by atoms with van der Waals surface area (Å²) in [5, 5.41) is 3.76. The van der Waals surface area contributed by atoms with Crippen molar-refractivity contribution >= 4 is 50.9 Å². The Balaban J connectivity index is 2.19. The maximum atomic E-state index is 13.1. The lowest BCUT2D eigenvalue weighted by molar-refractivity contribution is -0.142. The standard InChI is InChI=1S/C23H27BrCl2N2O3/c1-5-15(3)27-23(30)16(4)28(12-17-6-9-20(25)21(26)11-17)22(29)13-31-18-7-8-19(24)14(2)10-18/h6-11,15-16H,5,12-13H2,1-4H3,(H,27,30)/t15-,16+/m1/s1. The second kappa shape index (κ2) is 11.7. The van der Waals surface area contributed by atoms with Crippen LogP contribution in [0.2, 0.25) is 10.0 Å². The second-order valence-corrected chi connectivity index (χ2v) is 9.13. The number of carbonyl (C=O) groups is 2. The topological polar surface area (TPSA) is 58.6 Å². The van der Waals surface area contributed by atoms with Crippen LogP contribution in [0.15, 0.2) is 40.9 Å². The van der Waals surface area contributed by atoms with Gasteiger partial charge in [0.2, 0.25) is 5.91 Å². The molecular weight excluding hydrogens is 503 g/mol. The molecular formula is C23H27BrCl2N2O3. The number of carbonyl (C=O) groups excluding carboxylic acids is 2. The number of rotatable bonds is 9. The Morgan fingerprint density at radius 2 is 1.84 bits per heavy atom. The van der Waals surface area contributed by atoms with Crippen LogP contribution in [0, 0.1) is 6.92 Å². The van der Waals surface area contributed by atoms with Gasteiger partial charge < -0.3 is 15.0 Å². The van der Waals surface area contributed by atoms with E-state index in [1.807, 2.05) is 32.9 Å². The number of nitrogens with one attached hydrogen (secondary N) is 1. The molecule has 0 aliphatic carbocycles. The Hall–Kier alpha value is -1.76. The van der Waals surface area contributed by atoms with E-state index in [2.05, 4.69) is 21.2 Å². The Morgan fingerprint density at radius 3 is 2.45 bits per heavy atom. The number of ether oxygens (including phenoxy) is 1. The molecule has 2 rings (SSSR count). The number of nitrogens with zero attached hydrogens (tertiary/aromatic N) is 1. The SMILES string of the molecule is CC[C@@H](C)NC(=O)[C@H](C)N(Cc1ccc(Cl)c(Cl)c1)C(=O)COc1ccc(Br)c(C)c1. The average molecular weight is 530 g/mol. The highest BCUT2D eigenvalue weighted by molar-refractivity contribution is 9.10. The van der Waals surface area contributed by atoms with Gasteiger partial charge in [0.25, 0.3) is 5.91 Å². The third-order valence-corrected chi connectivity index (χ3v) is 6.63. The molecule has 2 atom stereocenters. The Bertz CT molecular complexity index is 939. The van der Waals surface area contributed by atoms with Crippen LogP contribution in [0.4, 0.5) is 0 Å². The monoisotopic (exact) mass is 528 g/mol. The summed E-state index contributed by atoms with van der Waals surface area (Å²) < 4.78 is 6.67. The van der Waals surface area contributed by atoms with Gasteiger partial charge in [-0.1, -0.05) is 52.1 Å². The minimum atomic E-state index is -0.689. The summed E-state index contributed by atoms with van der Waals surface area (Å²) in [5.41, 5.74) is 1.77. The molecule has 0 aliphatic heterocycles. The summed E-state index contributed by atoms with van der Waals surface area (Å²) in [4.78, 5) is 27.3. The first-order valence-corrected chi connectivity index (χ1v) is 11.6. The van der Waals surface area contributed by atoms with Gasteiger partial charge in [0.15, 0.2) is 6.61 Å². The summed E-state index contributed by atoms with van der Waals surface area (Å²) in [6.07, 6.45) is 0.797. The van der Waals surface area contributed by atoms with Crippen LogP contribution >= 0.6 is 39.1 Å². The van der Waals surface area contributed by atoms with Crippen molar-refractivity contribution in [1.29, 1.82) is 0 Å². The lowest BCUT2D eigenvalue weighted by atomic mass is 10.1. The lowest BCUT2D eigenvalue weighted by Gasteiger charge is -2.29. The fraction of sp³-hybridized carbons (Fsp3) is 0.391. The van der Waals surface area contributed by atoms with E-state index < -0.39 is 6.04 Å². The van der Waals surface area contributed by atoms with Gasteiger partial charge in [-0.25, -0.2) is 0 Å². The van der Waals surface area contributed by atoms with E-state index in [9.17, 15) is 9.59 Å². The quantitative estimate of drug-likeness (QED) is 0.448. The molecule has 0 saturated carbocycles. The van der Waals surface area contributed by atoms with Gasteiger partial charge in [-0.2, -0.15) is 0 Å². The van der Waals surface area contributed by atoms with Crippen molar-refractivity contribution in [1.82, 2.24) is 10.2 Å². The van der Waals surface area contributed by atoms with E-state index in [4.69, 9.17) is 27.9 Å². The van der Waals surface area contributed by atoms with Crippen molar-refractivity contribution in [3.63, 3.8) is 0 Å². The first-order valence-electron chi connectivity index (χ1n) is 10.0.